The van der Waals surface area contributed by atoms with Crippen molar-refractivity contribution in [1.29, 1.82) is 0 Å². The van der Waals surface area contributed by atoms with Crippen LogP contribution < -0.4 is 0 Å². The molecule has 0 amide bonds. The molecular formula is C20H16FNO2. The van der Waals surface area contributed by atoms with Crippen LogP contribution >= 0.6 is 0 Å². The minimum atomic E-state index is -0.684. The zero-order valence-electron chi connectivity index (χ0n) is 13.1. The number of esters is 1. The van der Waals surface area contributed by atoms with Gasteiger partial charge in [-0.05, 0) is 47.9 Å². The first-order valence-electron chi connectivity index (χ1n) is 7.61. The lowest BCUT2D eigenvalue weighted by atomic mass is 10.0. The Morgan fingerprint density at radius 1 is 1.00 bits per heavy atom. The van der Waals surface area contributed by atoms with Crippen molar-refractivity contribution in [2.24, 2.45) is 0 Å². The van der Waals surface area contributed by atoms with E-state index in [1.165, 1.54) is 12.1 Å². The topological polar surface area (TPSA) is 39.2 Å². The van der Waals surface area contributed by atoms with Gasteiger partial charge in [0.2, 0.25) is 0 Å². The van der Waals surface area contributed by atoms with Crippen LogP contribution in [0, 0.1) is 5.82 Å². The molecule has 2 aromatic carbocycles. The molecule has 3 nitrogen and oxygen atoms in total. The number of halogens is 1. The van der Waals surface area contributed by atoms with Gasteiger partial charge in [-0.15, -0.1) is 0 Å². The molecule has 0 spiro atoms. The SMILES string of the molecule is CC(OC(=O)c1ccc(-c2ccccc2)cc1F)c1ccncc1. The largest absolute Gasteiger partial charge is 0.454 e. The zero-order valence-corrected chi connectivity index (χ0v) is 13.1. The fraction of sp³-hybridized carbons (Fsp3) is 0.100. The van der Waals surface area contributed by atoms with Crippen molar-refractivity contribution < 1.29 is 13.9 Å². The summed E-state index contributed by atoms with van der Waals surface area (Å²) in [6.07, 6.45) is 2.76. The van der Waals surface area contributed by atoms with Crippen LogP contribution in [-0.2, 0) is 4.74 Å². The van der Waals surface area contributed by atoms with Crippen LogP contribution in [0.15, 0.2) is 73.1 Å². The third-order valence-electron chi connectivity index (χ3n) is 3.76. The van der Waals surface area contributed by atoms with Gasteiger partial charge >= 0.3 is 5.97 Å². The monoisotopic (exact) mass is 321 g/mol. The van der Waals surface area contributed by atoms with E-state index in [1.54, 1.807) is 37.5 Å². The van der Waals surface area contributed by atoms with Crippen molar-refractivity contribution in [2.45, 2.75) is 13.0 Å². The Labute approximate surface area is 139 Å². The summed E-state index contributed by atoms with van der Waals surface area (Å²) in [6.45, 7) is 1.74. The number of hydrogen-bond donors (Lipinski definition) is 0. The van der Waals surface area contributed by atoms with Crippen molar-refractivity contribution in [1.82, 2.24) is 4.98 Å². The number of carbonyl (C=O) groups excluding carboxylic acids is 1. The second-order valence-corrected chi connectivity index (χ2v) is 5.39. The predicted octanol–water partition coefficient (Wildman–Crippen LogP) is 4.81. The van der Waals surface area contributed by atoms with Crippen molar-refractivity contribution in [2.75, 3.05) is 0 Å². The standard InChI is InChI=1S/C20H16FNO2/c1-14(15-9-11-22-12-10-15)24-20(23)18-8-7-17(13-19(18)21)16-5-3-2-4-6-16/h2-14H,1H3. The first kappa shape index (κ1) is 15.9. The Balaban J connectivity index is 1.78. The van der Waals surface area contributed by atoms with E-state index >= 15 is 0 Å². The van der Waals surface area contributed by atoms with Crippen LogP contribution in [0.4, 0.5) is 4.39 Å². The lowest BCUT2D eigenvalue weighted by Gasteiger charge is -2.14. The average Bonchev–Trinajstić information content (AvgIpc) is 2.63. The van der Waals surface area contributed by atoms with Crippen molar-refractivity contribution in [3.8, 4) is 11.1 Å². The minimum absolute atomic E-state index is 0.0735. The number of ether oxygens (including phenoxy) is 1. The van der Waals surface area contributed by atoms with Gasteiger partial charge in [0.1, 0.15) is 11.9 Å². The van der Waals surface area contributed by atoms with Gasteiger partial charge in [0.25, 0.3) is 0 Å². The Morgan fingerprint density at radius 2 is 1.71 bits per heavy atom. The van der Waals surface area contributed by atoms with Crippen LogP contribution in [0.3, 0.4) is 0 Å². The van der Waals surface area contributed by atoms with E-state index in [1.807, 2.05) is 30.3 Å². The first-order chi connectivity index (χ1) is 11.6. The molecule has 0 aliphatic rings. The summed E-state index contributed by atoms with van der Waals surface area (Å²) in [5.74, 6) is -1.28. The van der Waals surface area contributed by atoms with Crippen LogP contribution in [0.25, 0.3) is 11.1 Å². The van der Waals surface area contributed by atoms with Gasteiger partial charge in [-0.25, -0.2) is 9.18 Å². The van der Waals surface area contributed by atoms with E-state index in [0.717, 1.165) is 11.1 Å². The summed E-state index contributed by atoms with van der Waals surface area (Å²) >= 11 is 0. The summed E-state index contributed by atoms with van der Waals surface area (Å²) in [5.41, 5.74) is 2.34. The molecule has 0 bridgehead atoms. The maximum atomic E-state index is 14.3. The van der Waals surface area contributed by atoms with E-state index in [2.05, 4.69) is 4.98 Å². The van der Waals surface area contributed by atoms with Gasteiger partial charge in [0.15, 0.2) is 0 Å². The Morgan fingerprint density at radius 3 is 2.38 bits per heavy atom. The highest BCUT2D eigenvalue weighted by atomic mass is 19.1. The predicted molar refractivity (Wildman–Crippen MR) is 89.9 cm³/mol. The molecule has 1 heterocycles. The Kier molecular flexibility index (Phi) is 4.66. The molecule has 0 radical (unpaired) electrons. The van der Waals surface area contributed by atoms with Crippen molar-refractivity contribution >= 4 is 5.97 Å². The molecule has 120 valence electrons. The molecule has 0 aliphatic carbocycles. The number of hydrogen-bond acceptors (Lipinski definition) is 3. The lowest BCUT2D eigenvalue weighted by Crippen LogP contribution is -2.11. The maximum absolute atomic E-state index is 14.3. The van der Waals surface area contributed by atoms with Crippen LogP contribution in [0.2, 0.25) is 0 Å². The number of pyridine rings is 1. The summed E-state index contributed by atoms with van der Waals surface area (Å²) in [4.78, 5) is 16.1. The molecule has 24 heavy (non-hydrogen) atoms. The summed E-state index contributed by atoms with van der Waals surface area (Å²) in [7, 11) is 0. The molecule has 1 aromatic heterocycles. The number of nitrogens with zero attached hydrogens (tertiary/aromatic N) is 1. The Hall–Kier alpha value is -3.01. The highest BCUT2D eigenvalue weighted by Crippen LogP contribution is 2.24. The normalized spacial score (nSPS) is 11.8. The highest BCUT2D eigenvalue weighted by molar-refractivity contribution is 5.90. The molecule has 0 fully saturated rings. The molecular weight excluding hydrogens is 305 g/mol. The third-order valence-corrected chi connectivity index (χ3v) is 3.76. The minimum Gasteiger partial charge on any atom is -0.454 e. The van der Waals surface area contributed by atoms with E-state index in [9.17, 15) is 9.18 Å². The maximum Gasteiger partial charge on any atom is 0.341 e. The fourth-order valence-corrected chi connectivity index (χ4v) is 2.42. The number of aromatic nitrogens is 1. The number of rotatable bonds is 4. The molecule has 4 heteroatoms. The molecule has 1 atom stereocenters. The second-order valence-electron chi connectivity index (χ2n) is 5.39. The van der Waals surface area contributed by atoms with Gasteiger partial charge < -0.3 is 4.74 Å². The molecule has 3 rings (SSSR count). The number of carbonyl (C=O) groups is 1. The summed E-state index contributed by atoms with van der Waals surface area (Å²) < 4.78 is 19.7. The van der Waals surface area contributed by atoms with E-state index < -0.39 is 17.9 Å². The smallest absolute Gasteiger partial charge is 0.341 e. The second kappa shape index (κ2) is 7.04. The van der Waals surface area contributed by atoms with E-state index in [4.69, 9.17) is 4.74 Å². The van der Waals surface area contributed by atoms with Gasteiger partial charge in [-0.3, -0.25) is 4.98 Å². The van der Waals surface area contributed by atoms with Crippen molar-refractivity contribution in [3.63, 3.8) is 0 Å². The third kappa shape index (κ3) is 3.49. The van der Waals surface area contributed by atoms with Gasteiger partial charge in [-0.2, -0.15) is 0 Å². The van der Waals surface area contributed by atoms with Gasteiger partial charge in [0.05, 0.1) is 5.56 Å². The van der Waals surface area contributed by atoms with E-state index in [0.29, 0.717) is 5.56 Å². The zero-order chi connectivity index (χ0) is 16.9. The molecule has 0 saturated carbocycles. The van der Waals surface area contributed by atoms with E-state index in [-0.39, 0.29) is 5.56 Å². The summed E-state index contributed by atoms with van der Waals surface area (Å²) in [5, 5.41) is 0. The fourth-order valence-electron chi connectivity index (χ4n) is 2.42. The van der Waals surface area contributed by atoms with Gasteiger partial charge in [-0.1, -0.05) is 36.4 Å². The molecule has 0 N–H and O–H groups in total. The van der Waals surface area contributed by atoms with Gasteiger partial charge in [0, 0.05) is 12.4 Å². The molecule has 0 aliphatic heterocycles. The lowest BCUT2D eigenvalue weighted by molar-refractivity contribution is 0.0332. The molecule has 0 saturated heterocycles. The highest BCUT2D eigenvalue weighted by Gasteiger charge is 2.18. The number of benzene rings is 2. The van der Waals surface area contributed by atoms with Crippen LogP contribution in [0.1, 0.15) is 28.9 Å². The van der Waals surface area contributed by atoms with Crippen molar-refractivity contribution in [3.05, 3.63) is 90.0 Å². The summed E-state index contributed by atoms with van der Waals surface area (Å²) in [6, 6.07) is 17.5. The molecule has 3 aromatic rings. The average molecular weight is 321 g/mol. The van der Waals surface area contributed by atoms with Crippen LogP contribution in [0.5, 0.6) is 0 Å². The van der Waals surface area contributed by atoms with Crippen LogP contribution in [-0.4, -0.2) is 11.0 Å². The molecule has 1 unspecified atom stereocenters. The first-order valence-corrected chi connectivity index (χ1v) is 7.61. The Bertz CT molecular complexity index is 835. The quantitative estimate of drug-likeness (QED) is 0.648.